The molecule has 0 bridgehead atoms. The molecule has 0 aromatic carbocycles. The quantitative estimate of drug-likeness (QED) is 0.545. The summed E-state index contributed by atoms with van der Waals surface area (Å²) in [5.74, 6) is 0. The van der Waals surface area contributed by atoms with Gasteiger partial charge in [-0.2, -0.15) is 0 Å². The van der Waals surface area contributed by atoms with E-state index in [1.165, 1.54) is 0 Å². The Labute approximate surface area is 35.8 Å². The van der Waals surface area contributed by atoms with Gasteiger partial charge in [-0.1, -0.05) is 4.85 Å². The first-order valence-corrected chi connectivity index (χ1v) is 2.02. The molecular weight excluding hydrogens is 80.0 g/mol. The van der Waals surface area contributed by atoms with Crippen LogP contribution in [0.2, 0.25) is 0 Å². The Bertz CT molecular complexity index is 95.7. The Morgan fingerprint density at radius 3 is 2.17 bits per heavy atom. The summed E-state index contributed by atoms with van der Waals surface area (Å²) in [7, 11) is 0. The van der Waals surface area contributed by atoms with Crippen LogP contribution >= 0.6 is 0 Å². The molecule has 3 nitrogen and oxygen atoms in total. The molecule has 0 amide bonds. The van der Waals surface area contributed by atoms with E-state index in [0.29, 0.717) is 6.04 Å². The third-order valence-corrected chi connectivity index (χ3v) is 0.666. The number of hydrogen-bond donors (Lipinski definition) is 1. The van der Waals surface area contributed by atoms with Crippen LogP contribution in [0.1, 0.15) is 19.9 Å². The molecular formula is C3H8N2O. The summed E-state index contributed by atoms with van der Waals surface area (Å²) in [5, 5.41) is 2.57. The van der Waals surface area contributed by atoms with Gasteiger partial charge < -0.3 is 0 Å². The van der Waals surface area contributed by atoms with Gasteiger partial charge in [-0.3, -0.25) is 4.63 Å². The summed E-state index contributed by atoms with van der Waals surface area (Å²) < 4.78 is 4.55. The Hall–Kier alpha value is -0.600. The van der Waals surface area contributed by atoms with E-state index in [1.54, 1.807) is 4.85 Å². The fraction of sp³-hybridized carbons (Fsp3) is 1.00. The molecule has 0 aliphatic heterocycles. The fourth-order valence-electron chi connectivity index (χ4n) is 0.234. The number of aromatic nitrogens is 2. The van der Waals surface area contributed by atoms with Crippen molar-refractivity contribution in [2.24, 2.45) is 0 Å². The van der Waals surface area contributed by atoms with Gasteiger partial charge in [-0.25, -0.2) is 0 Å². The van der Waals surface area contributed by atoms with E-state index in [4.69, 9.17) is 0 Å². The lowest BCUT2D eigenvalue weighted by Gasteiger charge is -1.84. The molecule has 0 unspecified atom stereocenters. The molecule has 1 aromatic heterocycles. The molecule has 1 rings (SSSR count). The highest BCUT2D eigenvalue weighted by Gasteiger charge is 1.99. The third-order valence-electron chi connectivity index (χ3n) is 0.666. The van der Waals surface area contributed by atoms with Crippen LogP contribution in [-0.4, -0.2) is 10.1 Å². The lowest BCUT2D eigenvalue weighted by atomic mass is 10.4. The van der Waals surface area contributed by atoms with E-state index in [0.717, 1.165) is 0 Å². The number of rotatable bonds is 1. The monoisotopic (exact) mass is 88.1 g/mol. The molecule has 1 N–H and O–H groups in total. The zero-order valence-electron chi connectivity index (χ0n) is 3.93. The average molecular weight is 88.1 g/mol. The zero-order chi connectivity index (χ0) is 4.57. The second kappa shape index (κ2) is 0.929. The first-order chi connectivity index (χ1) is 2.80. The number of hydrogen-bond acceptors (Lipinski definition) is 1. The minimum atomic E-state index is 0.463. The summed E-state index contributed by atoms with van der Waals surface area (Å²) >= 11 is 0. The third kappa shape index (κ3) is 0.478. The normalized spacial score (nSPS) is 11.2. The smallest absolute Gasteiger partial charge is 0.0842 e. The Kier molecular flexibility index (Phi) is 0.555. The van der Waals surface area contributed by atoms with Crippen LogP contribution in [0.4, 0.5) is 0 Å². The maximum absolute atomic E-state index is 4.55. The minimum Gasteiger partial charge on any atom is -0.257 e. The average Bonchev–Trinajstić information content (AvgIpc) is 2.06. The maximum atomic E-state index is 4.55. The zero-order valence-corrected chi connectivity index (χ0v) is 3.93. The predicted molar refractivity (Wildman–Crippen MR) is 21.4 cm³/mol. The minimum absolute atomic E-state index is 0.463. The first-order valence-electron chi connectivity index (χ1n) is 2.02. The van der Waals surface area contributed by atoms with E-state index in [2.05, 4.69) is 9.90 Å². The molecule has 3 heteroatoms. The maximum Gasteiger partial charge on any atom is 0.0842 e. The topological polar surface area (TPSA) is 33.9 Å². The van der Waals surface area contributed by atoms with Crippen LogP contribution in [0.15, 0.2) is 4.63 Å². The van der Waals surface area contributed by atoms with Gasteiger partial charge in [0, 0.05) is 0 Å². The van der Waals surface area contributed by atoms with Crippen LogP contribution in [0.25, 0.3) is 0 Å². The van der Waals surface area contributed by atoms with Gasteiger partial charge >= 0.3 is 0 Å². The Morgan fingerprint density at radius 1 is 1.67 bits per heavy atom. The van der Waals surface area contributed by atoms with Crippen molar-refractivity contribution in [3.63, 3.8) is 0 Å². The van der Waals surface area contributed by atoms with Crippen molar-refractivity contribution >= 4 is 0 Å². The lowest BCUT2D eigenvalue weighted by Crippen LogP contribution is -1.86. The summed E-state index contributed by atoms with van der Waals surface area (Å²) in [4.78, 5) is 1.67. The molecule has 0 saturated carbocycles. The molecule has 1 aromatic rings. The van der Waals surface area contributed by atoms with Crippen LogP contribution in [0.5, 0.6) is 0 Å². The van der Waals surface area contributed by atoms with Gasteiger partial charge in [0.25, 0.3) is 0 Å². The van der Waals surface area contributed by atoms with Crippen LogP contribution in [0, 0.1) is 0 Å². The molecule has 36 valence electrons. The predicted octanol–water partition coefficient (Wildman–Crippen LogP) is 0.990. The first kappa shape index (κ1) is 3.59. The van der Waals surface area contributed by atoms with Gasteiger partial charge in [0.1, 0.15) is 0 Å². The molecule has 0 aliphatic carbocycles. The van der Waals surface area contributed by atoms with Gasteiger partial charge in [-0.15, -0.1) is 5.27 Å². The standard InChI is InChI=1S/C3H8N2O/c1-3(2)5-4-6-5/h3-4H,1-2H3. The van der Waals surface area contributed by atoms with Crippen molar-refractivity contribution in [2.45, 2.75) is 19.9 Å². The fourth-order valence-corrected chi connectivity index (χ4v) is 0.234. The Balaban J connectivity index is 2.40. The van der Waals surface area contributed by atoms with E-state index in [9.17, 15) is 0 Å². The van der Waals surface area contributed by atoms with Crippen LogP contribution in [0.3, 0.4) is 0 Å². The SMILES string of the molecule is CC(C)n1[nH]o1. The molecule has 0 fully saturated rings. The highest BCUT2D eigenvalue weighted by molar-refractivity contribution is 4.36. The molecule has 0 atom stereocenters. The Morgan fingerprint density at radius 2 is 2.17 bits per heavy atom. The number of nitrogens with zero attached hydrogens (tertiary/aromatic N) is 1. The highest BCUT2D eigenvalue weighted by Crippen LogP contribution is 2.00. The number of nitrogens with one attached hydrogen (secondary N) is 1. The van der Waals surface area contributed by atoms with E-state index < -0.39 is 0 Å². The number of aromatic amines is 1. The van der Waals surface area contributed by atoms with Crippen molar-refractivity contribution < 1.29 is 4.63 Å². The van der Waals surface area contributed by atoms with Crippen LogP contribution in [-0.2, 0) is 0 Å². The largest absolute Gasteiger partial charge is 0.257 e. The lowest BCUT2D eigenvalue weighted by molar-refractivity contribution is 0.395. The van der Waals surface area contributed by atoms with Crippen molar-refractivity contribution in [1.29, 1.82) is 0 Å². The van der Waals surface area contributed by atoms with Crippen molar-refractivity contribution in [3.8, 4) is 0 Å². The van der Waals surface area contributed by atoms with Gasteiger partial charge in [0.05, 0.1) is 6.04 Å². The molecule has 1 heterocycles. The van der Waals surface area contributed by atoms with E-state index in [1.807, 2.05) is 13.8 Å². The molecule has 0 saturated heterocycles. The molecule has 6 heavy (non-hydrogen) atoms. The van der Waals surface area contributed by atoms with Gasteiger partial charge in [0.15, 0.2) is 0 Å². The van der Waals surface area contributed by atoms with Crippen molar-refractivity contribution in [3.05, 3.63) is 0 Å². The molecule has 0 aliphatic rings. The van der Waals surface area contributed by atoms with Crippen molar-refractivity contribution in [2.75, 3.05) is 0 Å². The second-order valence-electron chi connectivity index (χ2n) is 1.60. The van der Waals surface area contributed by atoms with E-state index >= 15 is 0 Å². The van der Waals surface area contributed by atoms with Gasteiger partial charge in [-0.05, 0) is 13.8 Å². The second-order valence-corrected chi connectivity index (χ2v) is 1.60. The summed E-state index contributed by atoms with van der Waals surface area (Å²) in [6.45, 7) is 4.08. The highest BCUT2D eigenvalue weighted by atomic mass is 16.7. The summed E-state index contributed by atoms with van der Waals surface area (Å²) in [6, 6.07) is 0.463. The number of H-pyrrole nitrogens is 1. The molecule has 0 radical (unpaired) electrons. The van der Waals surface area contributed by atoms with Gasteiger partial charge in [0.2, 0.25) is 0 Å². The molecule has 0 spiro atoms. The summed E-state index contributed by atoms with van der Waals surface area (Å²) in [6.07, 6.45) is 0. The van der Waals surface area contributed by atoms with Crippen molar-refractivity contribution in [1.82, 2.24) is 10.1 Å². The summed E-state index contributed by atoms with van der Waals surface area (Å²) in [5.41, 5.74) is 0. The van der Waals surface area contributed by atoms with Crippen LogP contribution < -0.4 is 0 Å². The van der Waals surface area contributed by atoms with E-state index in [-0.39, 0.29) is 0 Å².